The minimum absolute atomic E-state index is 0.523. The first-order valence-corrected chi connectivity index (χ1v) is 4.72. The van der Waals surface area contributed by atoms with Crippen LogP contribution < -0.4 is 0 Å². The lowest BCUT2D eigenvalue weighted by atomic mass is 10.0. The van der Waals surface area contributed by atoms with Gasteiger partial charge in [-0.25, -0.2) is 0 Å². The monoisotopic (exact) mass is 172 g/mol. The Bertz CT molecular complexity index is 113. The van der Waals surface area contributed by atoms with Crippen molar-refractivity contribution in [2.24, 2.45) is 0 Å². The van der Waals surface area contributed by atoms with Crippen LogP contribution in [0.1, 0.15) is 52.4 Å². The molecule has 0 aliphatic heterocycles. The molecule has 0 saturated heterocycles. The Balaban J connectivity index is 3.06. The van der Waals surface area contributed by atoms with Crippen molar-refractivity contribution in [1.82, 2.24) is 0 Å². The van der Waals surface area contributed by atoms with E-state index in [1.807, 2.05) is 13.8 Å². The van der Waals surface area contributed by atoms with E-state index >= 15 is 0 Å². The summed E-state index contributed by atoms with van der Waals surface area (Å²) in [5, 5.41) is 9.36. The molecule has 0 aromatic carbocycles. The molecule has 2 heteroatoms. The van der Waals surface area contributed by atoms with Crippen molar-refractivity contribution in [2.45, 2.75) is 58.0 Å². The van der Waals surface area contributed by atoms with E-state index in [0.29, 0.717) is 6.42 Å². The van der Waals surface area contributed by atoms with E-state index in [2.05, 4.69) is 0 Å². The third kappa shape index (κ3) is 9.63. The van der Waals surface area contributed by atoms with Gasteiger partial charge in [-0.1, -0.05) is 19.3 Å². The molecule has 0 aliphatic rings. The first-order chi connectivity index (χ1) is 5.56. The van der Waals surface area contributed by atoms with Crippen LogP contribution in [0.25, 0.3) is 0 Å². The van der Waals surface area contributed by atoms with Crippen molar-refractivity contribution in [2.75, 3.05) is 0 Å². The van der Waals surface area contributed by atoms with Gasteiger partial charge in [0.15, 0.2) is 0 Å². The van der Waals surface area contributed by atoms with Crippen LogP contribution in [0.4, 0.5) is 0 Å². The highest BCUT2D eigenvalue weighted by Gasteiger charge is 2.10. The summed E-state index contributed by atoms with van der Waals surface area (Å²) in [5.74, 6) is 0. The van der Waals surface area contributed by atoms with Gasteiger partial charge in [0.1, 0.15) is 6.29 Å². The topological polar surface area (TPSA) is 37.3 Å². The second-order valence-corrected chi connectivity index (χ2v) is 3.93. The first kappa shape index (κ1) is 11.6. The lowest BCUT2D eigenvalue weighted by Crippen LogP contribution is -2.17. The number of carbonyl (C=O) groups excluding carboxylic acids is 1. The smallest absolute Gasteiger partial charge is 0.119 e. The van der Waals surface area contributed by atoms with Crippen molar-refractivity contribution in [3.63, 3.8) is 0 Å². The second-order valence-electron chi connectivity index (χ2n) is 3.93. The maximum absolute atomic E-state index is 9.96. The Hall–Kier alpha value is -0.370. The summed E-state index contributed by atoms with van der Waals surface area (Å²) in [4.78, 5) is 9.96. The molecule has 0 saturated carbocycles. The van der Waals surface area contributed by atoms with Crippen molar-refractivity contribution in [3.8, 4) is 0 Å². The highest BCUT2D eigenvalue weighted by atomic mass is 16.3. The molecule has 1 N–H and O–H groups in total. The third-order valence-electron chi connectivity index (χ3n) is 1.86. The Kier molecular flexibility index (Phi) is 5.99. The van der Waals surface area contributed by atoms with Gasteiger partial charge in [0.05, 0.1) is 5.60 Å². The number of hydrogen-bond donors (Lipinski definition) is 1. The molecule has 0 atom stereocenters. The largest absolute Gasteiger partial charge is 0.390 e. The molecule has 0 spiro atoms. The van der Waals surface area contributed by atoms with Crippen LogP contribution >= 0.6 is 0 Å². The fourth-order valence-corrected chi connectivity index (χ4v) is 1.14. The zero-order valence-electron chi connectivity index (χ0n) is 8.18. The summed E-state index contributed by atoms with van der Waals surface area (Å²) in [6.07, 6.45) is 6.79. The molecule has 0 aromatic rings. The van der Waals surface area contributed by atoms with Crippen LogP contribution in [-0.4, -0.2) is 17.0 Å². The molecule has 0 aliphatic carbocycles. The quantitative estimate of drug-likeness (QED) is 0.472. The summed E-state index contributed by atoms with van der Waals surface area (Å²) in [7, 11) is 0. The van der Waals surface area contributed by atoms with E-state index < -0.39 is 5.60 Å². The van der Waals surface area contributed by atoms with Crippen molar-refractivity contribution in [3.05, 3.63) is 0 Å². The molecule has 0 amide bonds. The Morgan fingerprint density at radius 1 is 1.17 bits per heavy atom. The molecule has 0 rings (SSSR count). The molecule has 0 heterocycles. The van der Waals surface area contributed by atoms with E-state index in [-0.39, 0.29) is 0 Å². The predicted molar refractivity (Wildman–Crippen MR) is 50.1 cm³/mol. The van der Waals surface area contributed by atoms with Gasteiger partial charge in [-0.15, -0.1) is 0 Å². The van der Waals surface area contributed by atoms with Gasteiger partial charge in [0, 0.05) is 6.42 Å². The fourth-order valence-electron chi connectivity index (χ4n) is 1.14. The summed E-state index contributed by atoms with van der Waals surface area (Å²) in [5.41, 5.74) is -0.523. The van der Waals surface area contributed by atoms with Crippen molar-refractivity contribution < 1.29 is 9.90 Å². The van der Waals surface area contributed by atoms with Gasteiger partial charge in [0.2, 0.25) is 0 Å². The summed E-state index contributed by atoms with van der Waals surface area (Å²) >= 11 is 0. The van der Waals surface area contributed by atoms with E-state index in [1.165, 1.54) is 0 Å². The lowest BCUT2D eigenvalue weighted by molar-refractivity contribution is -0.107. The van der Waals surface area contributed by atoms with Gasteiger partial charge < -0.3 is 9.90 Å². The van der Waals surface area contributed by atoms with Gasteiger partial charge in [-0.05, 0) is 26.7 Å². The molecule has 72 valence electrons. The summed E-state index contributed by atoms with van der Waals surface area (Å²) in [6, 6.07) is 0. The van der Waals surface area contributed by atoms with Crippen LogP contribution in [0.2, 0.25) is 0 Å². The van der Waals surface area contributed by atoms with E-state index in [4.69, 9.17) is 0 Å². The second kappa shape index (κ2) is 6.18. The maximum atomic E-state index is 9.96. The Morgan fingerprint density at radius 2 is 1.75 bits per heavy atom. The van der Waals surface area contributed by atoms with Gasteiger partial charge in [-0.3, -0.25) is 0 Å². The minimum Gasteiger partial charge on any atom is -0.390 e. The first-order valence-electron chi connectivity index (χ1n) is 4.72. The summed E-state index contributed by atoms with van der Waals surface area (Å²) in [6.45, 7) is 3.66. The number of aldehydes is 1. The van der Waals surface area contributed by atoms with Crippen LogP contribution in [-0.2, 0) is 4.79 Å². The van der Waals surface area contributed by atoms with Crippen LogP contribution in [0, 0.1) is 0 Å². The molecule has 0 aromatic heterocycles. The Morgan fingerprint density at radius 3 is 2.25 bits per heavy atom. The van der Waals surface area contributed by atoms with Gasteiger partial charge in [0.25, 0.3) is 0 Å². The fraction of sp³-hybridized carbons (Fsp3) is 0.900. The molecular formula is C10H20O2. The number of hydrogen-bond acceptors (Lipinski definition) is 2. The molecule has 12 heavy (non-hydrogen) atoms. The molecule has 2 nitrogen and oxygen atoms in total. The zero-order chi connectivity index (χ0) is 9.45. The normalized spacial score (nSPS) is 11.6. The number of rotatable bonds is 7. The number of aliphatic hydroxyl groups is 1. The van der Waals surface area contributed by atoms with Crippen molar-refractivity contribution in [1.29, 1.82) is 0 Å². The van der Waals surface area contributed by atoms with Crippen LogP contribution in [0.15, 0.2) is 0 Å². The maximum Gasteiger partial charge on any atom is 0.119 e. The van der Waals surface area contributed by atoms with Crippen molar-refractivity contribution >= 4 is 6.29 Å². The van der Waals surface area contributed by atoms with Gasteiger partial charge in [-0.2, -0.15) is 0 Å². The van der Waals surface area contributed by atoms with E-state index in [1.54, 1.807) is 0 Å². The minimum atomic E-state index is -0.523. The Labute approximate surface area is 75.0 Å². The molecule has 0 bridgehead atoms. The average molecular weight is 172 g/mol. The molecule has 0 radical (unpaired) electrons. The highest BCUT2D eigenvalue weighted by Crippen LogP contribution is 2.13. The summed E-state index contributed by atoms with van der Waals surface area (Å²) < 4.78 is 0. The lowest BCUT2D eigenvalue weighted by Gasteiger charge is -2.16. The highest BCUT2D eigenvalue weighted by molar-refractivity contribution is 5.48. The third-order valence-corrected chi connectivity index (χ3v) is 1.86. The molecule has 0 fully saturated rings. The number of unbranched alkanes of at least 4 members (excludes halogenated alkanes) is 4. The molecule has 0 unspecified atom stereocenters. The predicted octanol–water partition coefficient (Wildman–Crippen LogP) is 2.30. The zero-order valence-corrected chi connectivity index (χ0v) is 8.18. The SMILES string of the molecule is CC(C)(O)CCCCCCC=O. The van der Waals surface area contributed by atoms with Crippen LogP contribution in [0.5, 0.6) is 0 Å². The van der Waals surface area contributed by atoms with E-state index in [9.17, 15) is 9.90 Å². The standard InChI is InChI=1S/C10H20O2/c1-10(2,12)8-6-4-3-5-7-9-11/h9,12H,3-8H2,1-2H3. The molecular weight excluding hydrogens is 152 g/mol. The van der Waals surface area contributed by atoms with E-state index in [0.717, 1.165) is 38.4 Å². The number of carbonyl (C=O) groups is 1. The van der Waals surface area contributed by atoms with Crippen LogP contribution in [0.3, 0.4) is 0 Å². The van der Waals surface area contributed by atoms with Gasteiger partial charge >= 0.3 is 0 Å². The average Bonchev–Trinajstić information content (AvgIpc) is 1.94.